The Morgan fingerprint density at radius 1 is 1.25 bits per heavy atom. The largest absolute Gasteiger partial charge is 0.444 e. The number of rotatable bonds is 6. The first-order valence-electron chi connectivity index (χ1n) is 8.17. The molecule has 0 heterocycles. The summed E-state index contributed by atoms with van der Waals surface area (Å²) in [6.07, 6.45) is 1.43. The van der Waals surface area contributed by atoms with Crippen LogP contribution >= 0.6 is 15.9 Å². The van der Waals surface area contributed by atoms with E-state index in [1.165, 1.54) is 0 Å². The third-order valence-electron chi connectivity index (χ3n) is 3.97. The molecule has 24 heavy (non-hydrogen) atoms. The molecule has 6 heteroatoms. The van der Waals surface area contributed by atoms with E-state index in [0.717, 1.165) is 18.4 Å². The minimum absolute atomic E-state index is 0.0299. The number of alkyl carbamates (subject to hydrolysis) is 1. The van der Waals surface area contributed by atoms with E-state index in [2.05, 4.69) is 33.4 Å². The lowest BCUT2D eigenvalue weighted by Crippen LogP contribution is -2.46. The van der Waals surface area contributed by atoms with Crippen LogP contribution in [0.3, 0.4) is 0 Å². The first-order chi connectivity index (χ1) is 11.3. The fourth-order valence-corrected chi connectivity index (χ4v) is 3.12. The average molecular weight is 397 g/mol. The molecule has 0 radical (unpaired) electrons. The fourth-order valence-electron chi connectivity index (χ4n) is 2.81. The third-order valence-corrected chi connectivity index (χ3v) is 4.45. The van der Waals surface area contributed by atoms with E-state index in [9.17, 15) is 9.59 Å². The van der Waals surface area contributed by atoms with Gasteiger partial charge in [0.25, 0.3) is 0 Å². The SMILES string of the molecule is CC(C)(C)OC(=O)NCCN(C(=O)CBr)C1(c2ccccc2)CC1. The number of amides is 2. The van der Waals surface area contributed by atoms with Crippen molar-refractivity contribution >= 4 is 27.9 Å². The van der Waals surface area contributed by atoms with Gasteiger partial charge in [0.1, 0.15) is 5.60 Å². The zero-order valence-electron chi connectivity index (χ0n) is 14.5. The lowest BCUT2D eigenvalue weighted by molar-refractivity contribution is -0.131. The van der Waals surface area contributed by atoms with Crippen LogP contribution < -0.4 is 5.32 Å². The average Bonchev–Trinajstić information content (AvgIpc) is 3.31. The quantitative estimate of drug-likeness (QED) is 0.749. The third kappa shape index (κ3) is 4.72. The number of benzene rings is 1. The monoisotopic (exact) mass is 396 g/mol. The number of hydrogen-bond donors (Lipinski definition) is 1. The Hall–Kier alpha value is -1.56. The molecule has 1 saturated carbocycles. The Kier molecular flexibility index (Phi) is 5.91. The van der Waals surface area contributed by atoms with Gasteiger partial charge in [-0.1, -0.05) is 46.3 Å². The van der Waals surface area contributed by atoms with Gasteiger partial charge in [-0.3, -0.25) is 4.79 Å². The van der Waals surface area contributed by atoms with Gasteiger partial charge in [0.15, 0.2) is 0 Å². The van der Waals surface area contributed by atoms with Crippen LogP contribution in [0.15, 0.2) is 30.3 Å². The van der Waals surface area contributed by atoms with Crippen LogP contribution in [0.1, 0.15) is 39.2 Å². The molecule has 0 aliphatic heterocycles. The zero-order chi connectivity index (χ0) is 17.8. The van der Waals surface area contributed by atoms with Crippen LogP contribution in [0.4, 0.5) is 4.79 Å². The van der Waals surface area contributed by atoms with Crippen molar-refractivity contribution in [1.29, 1.82) is 0 Å². The smallest absolute Gasteiger partial charge is 0.407 e. The number of ether oxygens (including phenoxy) is 1. The number of alkyl halides is 1. The topological polar surface area (TPSA) is 58.6 Å². The number of carbonyl (C=O) groups excluding carboxylic acids is 2. The molecule has 0 unspecified atom stereocenters. The highest BCUT2D eigenvalue weighted by Gasteiger charge is 2.50. The summed E-state index contributed by atoms with van der Waals surface area (Å²) in [5.41, 5.74) is 0.385. The Balaban J connectivity index is 2.00. The Morgan fingerprint density at radius 2 is 1.88 bits per heavy atom. The summed E-state index contributed by atoms with van der Waals surface area (Å²) in [5.74, 6) is 0.0299. The predicted molar refractivity (Wildman–Crippen MR) is 97.1 cm³/mol. The van der Waals surface area contributed by atoms with Crippen molar-refractivity contribution in [1.82, 2.24) is 10.2 Å². The maximum absolute atomic E-state index is 12.4. The lowest BCUT2D eigenvalue weighted by Gasteiger charge is -2.32. The highest BCUT2D eigenvalue weighted by atomic mass is 79.9. The fraction of sp³-hybridized carbons (Fsp3) is 0.556. The Labute approximate surface area is 151 Å². The van der Waals surface area contributed by atoms with Crippen molar-refractivity contribution in [2.24, 2.45) is 0 Å². The van der Waals surface area contributed by atoms with E-state index in [4.69, 9.17) is 4.74 Å². The standard InChI is InChI=1S/C18H25BrN2O3/c1-17(2,3)24-16(23)20-11-12-21(15(22)13-19)18(9-10-18)14-7-5-4-6-8-14/h4-8H,9-13H2,1-3H3,(H,20,23). The lowest BCUT2D eigenvalue weighted by atomic mass is 10.0. The van der Waals surface area contributed by atoms with E-state index in [1.807, 2.05) is 43.9 Å². The van der Waals surface area contributed by atoms with E-state index < -0.39 is 11.7 Å². The van der Waals surface area contributed by atoms with Gasteiger partial charge in [-0.25, -0.2) is 4.79 Å². The number of halogens is 1. The van der Waals surface area contributed by atoms with Gasteiger partial charge in [-0.15, -0.1) is 0 Å². The van der Waals surface area contributed by atoms with Gasteiger partial charge in [-0.05, 0) is 39.2 Å². The molecular weight excluding hydrogens is 372 g/mol. The molecule has 1 aromatic carbocycles. The van der Waals surface area contributed by atoms with Gasteiger partial charge >= 0.3 is 6.09 Å². The molecule has 2 amide bonds. The molecule has 1 aliphatic carbocycles. The number of hydrogen-bond acceptors (Lipinski definition) is 3. The van der Waals surface area contributed by atoms with Crippen molar-refractivity contribution < 1.29 is 14.3 Å². The molecule has 5 nitrogen and oxygen atoms in total. The van der Waals surface area contributed by atoms with E-state index in [-0.39, 0.29) is 16.8 Å². The molecule has 0 aromatic heterocycles. The second-order valence-electron chi connectivity index (χ2n) is 7.01. The second-order valence-corrected chi connectivity index (χ2v) is 7.57. The van der Waals surface area contributed by atoms with E-state index in [0.29, 0.717) is 13.1 Å². The minimum atomic E-state index is -0.531. The van der Waals surface area contributed by atoms with Gasteiger partial charge in [-0.2, -0.15) is 0 Å². The normalized spacial score (nSPS) is 15.5. The molecule has 0 bridgehead atoms. The minimum Gasteiger partial charge on any atom is -0.444 e. The number of carbonyl (C=O) groups is 2. The van der Waals surface area contributed by atoms with Crippen LogP contribution in [0.2, 0.25) is 0 Å². The van der Waals surface area contributed by atoms with Crippen LogP contribution in [-0.2, 0) is 15.1 Å². The summed E-state index contributed by atoms with van der Waals surface area (Å²) in [6.45, 7) is 6.28. The van der Waals surface area contributed by atoms with Crippen LogP contribution in [-0.4, -0.2) is 40.9 Å². The van der Waals surface area contributed by atoms with Gasteiger partial charge in [0.2, 0.25) is 5.91 Å². The molecular formula is C18H25BrN2O3. The van der Waals surface area contributed by atoms with Crippen LogP contribution in [0, 0.1) is 0 Å². The molecule has 0 spiro atoms. The summed E-state index contributed by atoms with van der Waals surface area (Å²) in [4.78, 5) is 26.0. The molecule has 132 valence electrons. The van der Waals surface area contributed by atoms with Gasteiger partial charge in [0.05, 0.1) is 10.9 Å². The summed E-state index contributed by atoms with van der Waals surface area (Å²) < 4.78 is 5.23. The van der Waals surface area contributed by atoms with Gasteiger partial charge < -0.3 is 15.0 Å². The highest BCUT2D eigenvalue weighted by molar-refractivity contribution is 9.09. The maximum Gasteiger partial charge on any atom is 0.407 e. The Morgan fingerprint density at radius 3 is 2.38 bits per heavy atom. The summed E-state index contributed by atoms with van der Waals surface area (Å²) >= 11 is 3.27. The molecule has 2 rings (SSSR count). The van der Waals surface area contributed by atoms with E-state index in [1.54, 1.807) is 0 Å². The second kappa shape index (κ2) is 7.55. The van der Waals surface area contributed by atoms with E-state index >= 15 is 0 Å². The molecule has 1 fully saturated rings. The van der Waals surface area contributed by atoms with Crippen LogP contribution in [0.25, 0.3) is 0 Å². The number of nitrogens with zero attached hydrogens (tertiary/aromatic N) is 1. The molecule has 1 N–H and O–H groups in total. The Bertz CT molecular complexity index is 580. The van der Waals surface area contributed by atoms with Crippen molar-refractivity contribution in [2.75, 3.05) is 18.4 Å². The highest BCUT2D eigenvalue weighted by Crippen LogP contribution is 2.50. The summed E-state index contributed by atoms with van der Waals surface area (Å²) in [7, 11) is 0. The first kappa shape index (κ1) is 18.8. The molecule has 1 aliphatic rings. The summed E-state index contributed by atoms with van der Waals surface area (Å²) in [5, 5.41) is 3.00. The van der Waals surface area contributed by atoms with Crippen molar-refractivity contribution in [3.8, 4) is 0 Å². The summed E-state index contributed by atoms with van der Waals surface area (Å²) in [6, 6.07) is 10.1. The zero-order valence-corrected chi connectivity index (χ0v) is 16.1. The van der Waals surface area contributed by atoms with Crippen LogP contribution in [0.5, 0.6) is 0 Å². The van der Waals surface area contributed by atoms with Crippen molar-refractivity contribution in [2.45, 2.75) is 44.8 Å². The number of nitrogens with one attached hydrogen (secondary N) is 1. The van der Waals surface area contributed by atoms with Crippen molar-refractivity contribution in [3.63, 3.8) is 0 Å². The maximum atomic E-state index is 12.4. The molecule has 0 saturated heterocycles. The molecule has 0 atom stereocenters. The van der Waals surface area contributed by atoms with Gasteiger partial charge in [0, 0.05) is 13.1 Å². The van der Waals surface area contributed by atoms with Crippen molar-refractivity contribution in [3.05, 3.63) is 35.9 Å². The molecule has 1 aromatic rings. The predicted octanol–water partition coefficient (Wildman–Crippen LogP) is 3.42. The first-order valence-corrected chi connectivity index (χ1v) is 9.29.